The number of methoxy groups -OCH3 is 1. The van der Waals surface area contributed by atoms with E-state index in [1.165, 1.54) is 18.4 Å². The third-order valence-electron chi connectivity index (χ3n) is 5.12. The number of hydrogen-bond acceptors (Lipinski definition) is 10. The lowest BCUT2D eigenvalue weighted by molar-refractivity contribution is 0.103. The fourth-order valence-corrected chi connectivity index (χ4v) is 4.42. The Hall–Kier alpha value is -3.48. The molecule has 1 saturated heterocycles. The molecule has 12 heteroatoms. The standard InChI is InChI=1S/C22H27FN8O2S/c1-12-10-31(11-13(2)26-12)30-22-25-9-15(23)20(29-22)27-14-4-5-17(33-3)16(8-14)28-21(32)18-6-7-19(24)34-18/h4-9,12-13,26H,10-11,24H2,1-3H3,(H,28,32)(H2,25,27,29,30)/t12-,13+. The van der Waals surface area contributed by atoms with Crippen LogP contribution in [0.5, 0.6) is 5.75 Å². The monoisotopic (exact) mass is 486 g/mol. The zero-order chi connectivity index (χ0) is 24.2. The molecule has 1 aromatic carbocycles. The van der Waals surface area contributed by atoms with Crippen molar-refractivity contribution < 1.29 is 13.9 Å². The summed E-state index contributed by atoms with van der Waals surface area (Å²) in [5, 5.41) is 11.8. The number of carbonyl (C=O) groups is 1. The first-order valence-electron chi connectivity index (χ1n) is 10.7. The van der Waals surface area contributed by atoms with Gasteiger partial charge in [-0.05, 0) is 44.2 Å². The summed E-state index contributed by atoms with van der Waals surface area (Å²) in [7, 11) is 1.50. The Morgan fingerprint density at radius 2 is 2.03 bits per heavy atom. The van der Waals surface area contributed by atoms with Crippen molar-refractivity contribution in [1.29, 1.82) is 0 Å². The number of hydrogen-bond donors (Lipinski definition) is 5. The van der Waals surface area contributed by atoms with E-state index in [0.29, 0.717) is 39.1 Å². The molecule has 0 saturated carbocycles. The number of hydrazine groups is 1. The summed E-state index contributed by atoms with van der Waals surface area (Å²) in [5.41, 5.74) is 9.80. The first kappa shape index (κ1) is 23.7. The second-order valence-electron chi connectivity index (χ2n) is 8.07. The van der Waals surface area contributed by atoms with Gasteiger partial charge in [-0.25, -0.2) is 14.4 Å². The number of ether oxygens (including phenoxy) is 1. The summed E-state index contributed by atoms with van der Waals surface area (Å²) in [5.74, 6) is -0.194. The normalized spacial score (nSPS) is 18.4. The van der Waals surface area contributed by atoms with Crippen molar-refractivity contribution in [2.45, 2.75) is 25.9 Å². The molecule has 2 atom stereocenters. The first-order chi connectivity index (χ1) is 16.3. The molecule has 1 amide bonds. The van der Waals surface area contributed by atoms with Crippen molar-refractivity contribution in [2.24, 2.45) is 0 Å². The number of halogens is 1. The number of nitrogens with zero attached hydrogens (tertiary/aromatic N) is 3. The molecule has 0 aliphatic carbocycles. The average molecular weight is 487 g/mol. The van der Waals surface area contributed by atoms with E-state index >= 15 is 0 Å². The molecule has 0 unspecified atom stereocenters. The van der Waals surface area contributed by atoms with E-state index in [9.17, 15) is 9.18 Å². The van der Waals surface area contributed by atoms with Crippen LogP contribution in [0.2, 0.25) is 0 Å². The maximum Gasteiger partial charge on any atom is 0.265 e. The SMILES string of the molecule is COc1ccc(Nc2nc(NN3C[C@@H](C)N[C@@H](C)C3)ncc2F)cc1NC(=O)c1ccc(N)s1. The molecule has 34 heavy (non-hydrogen) atoms. The molecule has 10 nitrogen and oxygen atoms in total. The van der Waals surface area contributed by atoms with Crippen LogP contribution in [0.4, 0.5) is 32.5 Å². The number of nitrogen functional groups attached to an aromatic ring is 1. The topological polar surface area (TPSA) is 129 Å². The summed E-state index contributed by atoms with van der Waals surface area (Å²) < 4.78 is 19.8. The number of nitrogens with two attached hydrogens (primary N) is 1. The molecule has 0 spiro atoms. The van der Waals surface area contributed by atoms with E-state index < -0.39 is 5.82 Å². The minimum absolute atomic E-state index is 0.00204. The van der Waals surface area contributed by atoms with E-state index in [4.69, 9.17) is 10.5 Å². The Morgan fingerprint density at radius 3 is 2.71 bits per heavy atom. The number of benzene rings is 1. The average Bonchev–Trinajstić information content (AvgIpc) is 3.22. The molecule has 180 valence electrons. The number of amides is 1. The Balaban J connectivity index is 1.51. The fraction of sp³-hybridized carbons (Fsp3) is 0.318. The highest BCUT2D eigenvalue weighted by molar-refractivity contribution is 7.17. The predicted octanol–water partition coefficient (Wildman–Crippen LogP) is 3.27. The molecule has 6 N–H and O–H groups in total. The molecule has 0 bridgehead atoms. The van der Waals surface area contributed by atoms with E-state index in [1.54, 1.807) is 30.3 Å². The van der Waals surface area contributed by atoms with E-state index in [0.717, 1.165) is 19.3 Å². The molecule has 2 aromatic heterocycles. The van der Waals surface area contributed by atoms with Crippen LogP contribution in [0.15, 0.2) is 36.5 Å². The van der Waals surface area contributed by atoms with Crippen LogP contribution < -0.4 is 31.8 Å². The molecule has 4 rings (SSSR count). The lowest BCUT2D eigenvalue weighted by Crippen LogP contribution is -2.55. The van der Waals surface area contributed by atoms with Crippen LogP contribution in [0, 0.1) is 5.82 Å². The third-order valence-corrected chi connectivity index (χ3v) is 6.03. The first-order valence-corrected chi connectivity index (χ1v) is 11.5. The van der Waals surface area contributed by atoms with Gasteiger partial charge in [0.15, 0.2) is 11.6 Å². The maximum absolute atomic E-state index is 14.5. The summed E-state index contributed by atoms with van der Waals surface area (Å²) in [4.78, 5) is 21.4. The van der Waals surface area contributed by atoms with Crippen LogP contribution in [0.3, 0.4) is 0 Å². The van der Waals surface area contributed by atoms with Gasteiger partial charge in [0.1, 0.15) is 5.75 Å². The Kier molecular flexibility index (Phi) is 7.10. The van der Waals surface area contributed by atoms with Gasteiger partial charge >= 0.3 is 0 Å². The number of nitrogens with one attached hydrogen (secondary N) is 4. The van der Waals surface area contributed by atoms with Crippen molar-refractivity contribution in [1.82, 2.24) is 20.3 Å². The van der Waals surface area contributed by atoms with Crippen LogP contribution in [-0.4, -0.2) is 53.2 Å². The third kappa shape index (κ3) is 5.71. The fourth-order valence-electron chi connectivity index (χ4n) is 3.75. The predicted molar refractivity (Wildman–Crippen MR) is 132 cm³/mol. The highest BCUT2D eigenvalue weighted by atomic mass is 32.1. The molecule has 1 fully saturated rings. The van der Waals surface area contributed by atoms with Crippen LogP contribution in [0.25, 0.3) is 0 Å². The minimum atomic E-state index is -0.608. The molecule has 3 heterocycles. The summed E-state index contributed by atoms with van der Waals surface area (Å²) in [6.45, 7) is 5.70. The van der Waals surface area contributed by atoms with Crippen molar-refractivity contribution in [3.8, 4) is 5.75 Å². The second-order valence-corrected chi connectivity index (χ2v) is 9.19. The summed E-state index contributed by atoms with van der Waals surface area (Å²) >= 11 is 1.18. The quantitative estimate of drug-likeness (QED) is 0.342. The van der Waals surface area contributed by atoms with Gasteiger partial charge in [-0.1, -0.05) is 0 Å². The minimum Gasteiger partial charge on any atom is -0.495 e. The van der Waals surface area contributed by atoms with Gasteiger partial charge in [0, 0.05) is 30.9 Å². The number of carbonyl (C=O) groups excluding carboxylic acids is 1. The number of thiophene rings is 1. The Labute approximate surface area is 200 Å². The maximum atomic E-state index is 14.5. The van der Waals surface area contributed by atoms with Gasteiger partial charge in [0.25, 0.3) is 5.91 Å². The van der Waals surface area contributed by atoms with Gasteiger partial charge in [0.2, 0.25) is 5.95 Å². The number of rotatable bonds is 7. The number of anilines is 5. The van der Waals surface area contributed by atoms with Gasteiger partial charge in [-0.2, -0.15) is 4.98 Å². The van der Waals surface area contributed by atoms with Crippen molar-refractivity contribution in [2.75, 3.05) is 42.0 Å². The van der Waals surface area contributed by atoms with Gasteiger partial charge < -0.3 is 26.4 Å². The van der Waals surface area contributed by atoms with Crippen molar-refractivity contribution in [3.05, 3.63) is 47.2 Å². The molecule has 0 radical (unpaired) electrons. The molecular weight excluding hydrogens is 459 g/mol. The van der Waals surface area contributed by atoms with Crippen LogP contribution in [-0.2, 0) is 0 Å². The van der Waals surface area contributed by atoms with Crippen molar-refractivity contribution in [3.63, 3.8) is 0 Å². The Bertz CT molecular complexity index is 1160. The zero-order valence-electron chi connectivity index (χ0n) is 19.1. The number of aromatic nitrogens is 2. The highest BCUT2D eigenvalue weighted by Gasteiger charge is 2.22. The molecule has 3 aromatic rings. The largest absolute Gasteiger partial charge is 0.495 e. The Morgan fingerprint density at radius 1 is 1.26 bits per heavy atom. The van der Waals surface area contributed by atoms with E-state index in [1.807, 2.05) is 5.01 Å². The van der Waals surface area contributed by atoms with E-state index in [2.05, 4.69) is 45.2 Å². The van der Waals surface area contributed by atoms with Crippen LogP contribution >= 0.6 is 11.3 Å². The van der Waals surface area contributed by atoms with Crippen molar-refractivity contribution >= 4 is 45.4 Å². The lowest BCUT2D eigenvalue weighted by atomic mass is 10.2. The van der Waals surface area contributed by atoms with Gasteiger partial charge in [-0.3, -0.25) is 10.2 Å². The number of piperazine rings is 1. The van der Waals surface area contributed by atoms with Crippen LogP contribution in [0.1, 0.15) is 23.5 Å². The van der Waals surface area contributed by atoms with Gasteiger partial charge in [-0.15, -0.1) is 11.3 Å². The lowest BCUT2D eigenvalue weighted by Gasteiger charge is -2.35. The molecule has 1 aliphatic rings. The smallest absolute Gasteiger partial charge is 0.265 e. The van der Waals surface area contributed by atoms with Gasteiger partial charge in [0.05, 0.1) is 28.9 Å². The molecular formula is C22H27FN8O2S. The van der Waals surface area contributed by atoms with E-state index in [-0.39, 0.29) is 17.7 Å². The summed E-state index contributed by atoms with van der Waals surface area (Å²) in [6, 6.07) is 8.92. The second kappa shape index (κ2) is 10.2. The summed E-state index contributed by atoms with van der Waals surface area (Å²) in [6.07, 6.45) is 1.11. The zero-order valence-corrected chi connectivity index (χ0v) is 19.9. The molecule has 1 aliphatic heterocycles. The highest BCUT2D eigenvalue weighted by Crippen LogP contribution is 2.31.